The van der Waals surface area contributed by atoms with Gasteiger partial charge in [-0.25, -0.2) is 4.99 Å². The number of thioether (sulfide) groups is 1. The molecule has 4 rings (SSSR count). The molecule has 0 bridgehead atoms. The van der Waals surface area contributed by atoms with Crippen molar-refractivity contribution in [2.75, 3.05) is 0 Å². The third-order valence-electron chi connectivity index (χ3n) is 4.58. The highest BCUT2D eigenvalue weighted by Gasteiger charge is 2.34. The number of ether oxygens (including phenoxy) is 1. The highest BCUT2D eigenvalue weighted by atomic mass is 35.5. The average molecular weight is 489 g/mol. The van der Waals surface area contributed by atoms with Gasteiger partial charge in [0.15, 0.2) is 5.17 Å². The molecular formula is C24H16ClF3N2O2S. The van der Waals surface area contributed by atoms with E-state index in [1.807, 2.05) is 12.1 Å². The van der Waals surface area contributed by atoms with Crippen molar-refractivity contribution in [2.45, 2.75) is 12.8 Å². The molecule has 1 amide bonds. The zero-order chi connectivity index (χ0) is 23.4. The third-order valence-corrected chi connectivity index (χ3v) is 5.74. The summed E-state index contributed by atoms with van der Waals surface area (Å²) in [5, 5.41) is 3.25. The number of aliphatic imine (C=N–C) groups is 1. The van der Waals surface area contributed by atoms with Crippen molar-refractivity contribution >= 4 is 46.2 Å². The lowest BCUT2D eigenvalue weighted by molar-refractivity contribution is -0.137. The summed E-state index contributed by atoms with van der Waals surface area (Å²) < 4.78 is 45.3. The SMILES string of the molecule is O=C1NC(=Nc2ccccc2C(F)(F)F)SC1=Cc1ccc(OCc2ccc(Cl)cc2)cc1. The van der Waals surface area contributed by atoms with E-state index in [9.17, 15) is 18.0 Å². The van der Waals surface area contributed by atoms with Gasteiger partial charge < -0.3 is 10.1 Å². The molecule has 168 valence electrons. The van der Waals surface area contributed by atoms with Crippen LogP contribution in [0.2, 0.25) is 5.02 Å². The van der Waals surface area contributed by atoms with E-state index in [-0.39, 0.29) is 10.9 Å². The normalized spacial score (nSPS) is 16.3. The molecule has 4 nitrogen and oxygen atoms in total. The molecular weight excluding hydrogens is 473 g/mol. The number of carbonyl (C=O) groups excluding carboxylic acids is 1. The zero-order valence-electron chi connectivity index (χ0n) is 16.9. The van der Waals surface area contributed by atoms with Gasteiger partial charge in [-0.2, -0.15) is 13.2 Å². The van der Waals surface area contributed by atoms with Crippen LogP contribution < -0.4 is 10.1 Å². The summed E-state index contributed by atoms with van der Waals surface area (Å²) in [4.78, 5) is 16.6. The van der Waals surface area contributed by atoms with Gasteiger partial charge in [0, 0.05) is 5.02 Å². The predicted octanol–water partition coefficient (Wildman–Crippen LogP) is 6.83. The molecule has 0 radical (unpaired) electrons. The molecule has 0 unspecified atom stereocenters. The number of hydrogen-bond donors (Lipinski definition) is 1. The number of para-hydroxylation sites is 1. The number of nitrogens with one attached hydrogen (secondary N) is 1. The second kappa shape index (κ2) is 9.72. The van der Waals surface area contributed by atoms with E-state index in [2.05, 4.69) is 10.3 Å². The van der Waals surface area contributed by atoms with E-state index in [0.717, 1.165) is 29.0 Å². The summed E-state index contributed by atoms with van der Waals surface area (Å²) >= 11 is 6.85. The molecule has 0 saturated carbocycles. The van der Waals surface area contributed by atoms with Crippen LogP contribution in [0.1, 0.15) is 16.7 Å². The Balaban J connectivity index is 1.44. The fraction of sp³-hybridized carbons (Fsp3) is 0.0833. The number of benzene rings is 3. The van der Waals surface area contributed by atoms with Crippen molar-refractivity contribution in [1.82, 2.24) is 5.32 Å². The highest BCUT2D eigenvalue weighted by molar-refractivity contribution is 8.18. The molecule has 0 aromatic heterocycles. The lowest BCUT2D eigenvalue weighted by Crippen LogP contribution is -2.19. The van der Waals surface area contributed by atoms with Gasteiger partial charge >= 0.3 is 6.18 Å². The molecule has 1 aliphatic rings. The van der Waals surface area contributed by atoms with Gasteiger partial charge in [-0.05, 0) is 65.4 Å². The first kappa shape index (κ1) is 22.9. The molecule has 1 N–H and O–H groups in total. The Labute approximate surface area is 197 Å². The van der Waals surface area contributed by atoms with Crippen molar-refractivity contribution in [2.24, 2.45) is 4.99 Å². The van der Waals surface area contributed by atoms with Crippen LogP contribution in [0.25, 0.3) is 6.08 Å². The summed E-state index contributed by atoms with van der Waals surface area (Å²) in [5.74, 6) is 0.230. The Hall–Kier alpha value is -3.23. The number of halogens is 4. The summed E-state index contributed by atoms with van der Waals surface area (Å²) in [6.45, 7) is 0.384. The molecule has 0 aliphatic carbocycles. The Kier molecular flexibility index (Phi) is 6.76. The van der Waals surface area contributed by atoms with Crippen molar-refractivity contribution in [3.05, 3.63) is 99.4 Å². The van der Waals surface area contributed by atoms with Crippen LogP contribution >= 0.6 is 23.4 Å². The molecule has 3 aromatic rings. The largest absolute Gasteiger partial charge is 0.489 e. The van der Waals surface area contributed by atoms with Gasteiger partial charge in [0.2, 0.25) is 0 Å². The summed E-state index contributed by atoms with van der Waals surface area (Å²) in [5.41, 5.74) is 0.599. The monoisotopic (exact) mass is 488 g/mol. The quantitative estimate of drug-likeness (QED) is 0.400. The second-order valence-corrected chi connectivity index (χ2v) is 8.45. The molecule has 1 aliphatic heterocycles. The lowest BCUT2D eigenvalue weighted by Gasteiger charge is -2.09. The number of carbonyl (C=O) groups is 1. The number of nitrogens with zero attached hydrogens (tertiary/aromatic N) is 1. The molecule has 33 heavy (non-hydrogen) atoms. The van der Waals surface area contributed by atoms with E-state index < -0.39 is 17.6 Å². The molecule has 0 atom stereocenters. The van der Waals surface area contributed by atoms with Crippen LogP contribution in [-0.4, -0.2) is 11.1 Å². The smallest absolute Gasteiger partial charge is 0.418 e. The van der Waals surface area contributed by atoms with Gasteiger partial charge in [-0.15, -0.1) is 0 Å². The fourth-order valence-electron chi connectivity index (χ4n) is 2.96. The first-order chi connectivity index (χ1) is 15.8. The first-order valence-corrected chi connectivity index (χ1v) is 10.9. The Morgan fingerprint density at radius 3 is 2.39 bits per heavy atom. The van der Waals surface area contributed by atoms with Crippen molar-refractivity contribution in [1.29, 1.82) is 0 Å². The summed E-state index contributed by atoms with van der Waals surface area (Å²) in [6.07, 6.45) is -2.90. The minimum atomic E-state index is -4.54. The van der Waals surface area contributed by atoms with Crippen LogP contribution in [0.15, 0.2) is 82.7 Å². The predicted molar refractivity (Wildman–Crippen MR) is 124 cm³/mol. The Morgan fingerprint density at radius 1 is 1.00 bits per heavy atom. The highest BCUT2D eigenvalue weighted by Crippen LogP contribution is 2.37. The second-order valence-electron chi connectivity index (χ2n) is 6.98. The number of amidine groups is 1. The lowest BCUT2D eigenvalue weighted by atomic mass is 10.2. The van der Waals surface area contributed by atoms with E-state index in [1.54, 1.807) is 42.5 Å². The maximum atomic E-state index is 13.2. The first-order valence-electron chi connectivity index (χ1n) is 9.71. The van der Waals surface area contributed by atoms with E-state index >= 15 is 0 Å². The van der Waals surface area contributed by atoms with Gasteiger partial charge in [0.05, 0.1) is 16.2 Å². The van der Waals surface area contributed by atoms with E-state index in [0.29, 0.717) is 22.3 Å². The van der Waals surface area contributed by atoms with Crippen LogP contribution in [0.4, 0.5) is 18.9 Å². The van der Waals surface area contributed by atoms with Crippen LogP contribution in [0.3, 0.4) is 0 Å². The zero-order valence-corrected chi connectivity index (χ0v) is 18.5. The molecule has 0 spiro atoms. The van der Waals surface area contributed by atoms with Gasteiger partial charge in [0.1, 0.15) is 12.4 Å². The van der Waals surface area contributed by atoms with Gasteiger partial charge in [-0.1, -0.05) is 48.0 Å². The van der Waals surface area contributed by atoms with Crippen LogP contribution in [0, 0.1) is 0 Å². The molecule has 1 saturated heterocycles. The molecule has 1 heterocycles. The van der Waals surface area contributed by atoms with Crippen LogP contribution in [-0.2, 0) is 17.6 Å². The fourth-order valence-corrected chi connectivity index (χ4v) is 3.92. The molecule has 3 aromatic carbocycles. The van der Waals surface area contributed by atoms with Crippen LogP contribution in [0.5, 0.6) is 5.75 Å². The Bertz CT molecular complexity index is 1220. The summed E-state index contributed by atoms with van der Waals surface area (Å²) in [7, 11) is 0. The maximum absolute atomic E-state index is 13.2. The minimum Gasteiger partial charge on any atom is -0.489 e. The Morgan fingerprint density at radius 2 is 1.70 bits per heavy atom. The minimum absolute atomic E-state index is 0.0888. The molecule has 1 fully saturated rings. The number of rotatable bonds is 5. The third kappa shape index (κ3) is 5.97. The van der Waals surface area contributed by atoms with Crippen molar-refractivity contribution in [3.63, 3.8) is 0 Å². The number of hydrogen-bond acceptors (Lipinski definition) is 4. The van der Waals surface area contributed by atoms with Crippen molar-refractivity contribution in [3.8, 4) is 5.75 Å². The molecule has 9 heteroatoms. The van der Waals surface area contributed by atoms with E-state index in [1.165, 1.54) is 18.2 Å². The standard InChI is InChI=1S/C24H16ClF3N2O2S/c25-17-9-5-16(6-10-17)14-32-18-11-7-15(8-12-18)13-21-22(31)30-23(33-21)29-20-4-2-1-3-19(20)24(26,27)28/h1-13H,14H2,(H,29,30,31). The average Bonchev–Trinajstić information content (AvgIpc) is 3.12. The van der Waals surface area contributed by atoms with E-state index in [4.69, 9.17) is 16.3 Å². The van der Waals surface area contributed by atoms with Crippen molar-refractivity contribution < 1.29 is 22.7 Å². The maximum Gasteiger partial charge on any atom is 0.418 e. The number of alkyl halides is 3. The topological polar surface area (TPSA) is 50.7 Å². The summed E-state index contributed by atoms with van der Waals surface area (Å²) in [6, 6.07) is 19.4. The number of amides is 1. The van der Waals surface area contributed by atoms with Gasteiger partial charge in [-0.3, -0.25) is 4.79 Å². The van der Waals surface area contributed by atoms with Gasteiger partial charge in [0.25, 0.3) is 5.91 Å².